The van der Waals surface area contributed by atoms with Crippen LogP contribution < -0.4 is 4.74 Å². The topological polar surface area (TPSA) is 48.4 Å². The van der Waals surface area contributed by atoms with Crippen LogP contribution in [0.4, 0.5) is 0 Å². The molecule has 0 N–H and O–H groups in total. The van der Waals surface area contributed by atoms with Crippen molar-refractivity contribution in [2.75, 3.05) is 7.11 Å². The Kier molecular flexibility index (Phi) is 4.71. The van der Waals surface area contributed by atoms with Crippen molar-refractivity contribution >= 4 is 17.6 Å². The van der Waals surface area contributed by atoms with Crippen LogP contribution in [0.15, 0.2) is 18.2 Å². The number of ether oxygens (including phenoxy) is 2. The Hall–Kier alpha value is -2.07. The van der Waals surface area contributed by atoms with Gasteiger partial charge in [0.2, 0.25) is 5.88 Å². The van der Waals surface area contributed by atoms with E-state index in [1.54, 1.807) is 13.0 Å². The number of carbonyl (C=O) groups excluding carboxylic acids is 1. The Bertz CT molecular complexity index is 718. The van der Waals surface area contributed by atoms with Crippen molar-refractivity contribution in [1.29, 1.82) is 0 Å². The third kappa shape index (κ3) is 3.22. The molecule has 0 aliphatic heterocycles. The van der Waals surface area contributed by atoms with Gasteiger partial charge in [0.1, 0.15) is 11.3 Å². The molecule has 5 heteroatoms. The number of pyridine rings is 1. The van der Waals surface area contributed by atoms with Gasteiger partial charge in [0.15, 0.2) is 0 Å². The monoisotopic (exact) mass is 319 g/mol. The van der Waals surface area contributed by atoms with Gasteiger partial charge < -0.3 is 9.47 Å². The molecular formula is C17H18ClNO3. The maximum Gasteiger partial charge on any atom is 0.344 e. The van der Waals surface area contributed by atoms with Crippen molar-refractivity contribution in [3.63, 3.8) is 0 Å². The van der Waals surface area contributed by atoms with E-state index in [9.17, 15) is 4.79 Å². The van der Waals surface area contributed by atoms with E-state index in [4.69, 9.17) is 21.1 Å². The Morgan fingerprint density at radius 2 is 1.68 bits per heavy atom. The van der Waals surface area contributed by atoms with E-state index in [0.29, 0.717) is 11.4 Å². The maximum absolute atomic E-state index is 12.0. The van der Waals surface area contributed by atoms with Crippen LogP contribution in [-0.2, 0) is 4.74 Å². The first-order valence-corrected chi connectivity index (χ1v) is 7.22. The van der Waals surface area contributed by atoms with E-state index in [-0.39, 0.29) is 16.5 Å². The van der Waals surface area contributed by atoms with E-state index < -0.39 is 5.97 Å². The molecule has 1 aromatic carbocycles. The molecule has 22 heavy (non-hydrogen) atoms. The van der Waals surface area contributed by atoms with E-state index in [1.165, 1.54) is 7.11 Å². The number of nitrogens with zero attached hydrogens (tertiary/aromatic N) is 1. The molecule has 0 atom stereocenters. The minimum Gasteiger partial charge on any atom is -0.465 e. The van der Waals surface area contributed by atoms with Crippen LogP contribution in [0, 0.1) is 27.7 Å². The first kappa shape index (κ1) is 16.3. The summed E-state index contributed by atoms with van der Waals surface area (Å²) < 4.78 is 10.7. The second kappa shape index (κ2) is 6.36. The molecule has 0 spiro atoms. The average molecular weight is 320 g/mol. The molecule has 1 aromatic heterocycles. The first-order chi connectivity index (χ1) is 10.3. The minimum atomic E-state index is -0.574. The number of halogens is 1. The molecule has 0 aliphatic carbocycles. The van der Waals surface area contributed by atoms with Gasteiger partial charge in [-0.25, -0.2) is 9.78 Å². The van der Waals surface area contributed by atoms with Gasteiger partial charge in [0.05, 0.1) is 12.1 Å². The average Bonchev–Trinajstić information content (AvgIpc) is 2.41. The Morgan fingerprint density at radius 3 is 2.23 bits per heavy atom. The third-order valence-corrected chi connectivity index (χ3v) is 3.56. The predicted molar refractivity (Wildman–Crippen MR) is 86.1 cm³/mol. The summed E-state index contributed by atoms with van der Waals surface area (Å²) >= 11 is 6.16. The zero-order valence-corrected chi connectivity index (χ0v) is 14.0. The number of aromatic nitrogens is 1. The van der Waals surface area contributed by atoms with E-state index in [1.807, 2.05) is 32.9 Å². The lowest BCUT2D eigenvalue weighted by atomic mass is 10.1. The molecule has 1 heterocycles. The lowest BCUT2D eigenvalue weighted by molar-refractivity contribution is 0.0597. The van der Waals surface area contributed by atoms with E-state index in [0.717, 1.165) is 16.7 Å². The predicted octanol–water partition coefficient (Wildman–Crippen LogP) is 4.55. The fourth-order valence-electron chi connectivity index (χ4n) is 2.39. The van der Waals surface area contributed by atoms with E-state index in [2.05, 4.69) is 4.98 Å². The number of methoxy groups -OCH3 is 1. The second-order valence-corrected chi connectivity index (χ2v) is 5.65. The van der Waals surface area contributed by atoms with Gasteiger partial charge in [-0.3, -0.25) is 0 Å². The third-order valence-electron chi connectivity index (χ3n) is 3.26. The number of hydrogen-bond acceptors (Lipinski definition) is 4. The van der Waals surface area contributed by atoms with Gasteiger partial charge in [-0.05, 0) is 44.9 Å². The largest absolute Gasteiger partial charge is 0.465 e. The highest BCUT2D eigenvalue weighted by Crippen LogP contribution is 2.33. The standard InChI is InChI=1S/C17H18ClNO3/c1-9-6-10(2)15(11(3)7-9)22-16-14(17(20)21-5)13(18)8-12(4)19-16/h6-8H,1-5H3. The number of hydrogen-bond donors (Lipinski definition) is 0. The summed E-state index contributed by atoms with van der Waals surface area (Å²) in [6, 6.07) is 5.63. The van der Waals surface area contributed by atoms with Crippen LogP contribution >= 0.6 is 11.6 Å². The summed E-state index contributed by atoms with van der Waals surface area (Å²) in [4.78, 5) is 16.2. The molecule has 0 aliphatic rings. The fourth-order valence-corrected chi connectivity index (χ4v) is 2.71. The Balaban J connectivity index is 2.57. The van der Waals surface area contributed by atoms with Crippen molar-refractivity contribution in [2.45, 2.75) is 27.7 Å². The molecule has 2 aromatic rings. The molecular weight excluding hydrogens is 302 g/mol. The normalized spacial score (nSPS) is 10.5. The van der Waals surface area contributed by atoms with Crippen LogP contribution in [0.25, 0.3) is 0 Å². The summed E-state index contributed by atoms with van der Waals surface area (Å²) in [7, 11) is 1.30. The summed E-state index contributed by atoms with van der Waals surface area (Å²) in [5.74, 6) is 0.256. The fraction of sp³-hybridized carbons (Fsp3) is 0.294. The molecule has 0 bridgehead atoms. The summed E-state index contributed by atoms with van der Waals surface area (Å²) in [6.45, 7) is 7.70. The second-order valence-electron chi connectivity index (χ2n) is 5.25. The summed E-state index contributed by atoms with van der Waals surface area (Å²) in [5, 5.41) is 0.261. The Morgan fingerprint density at radius 1 is 1.09 bits per heavy atom. The maximum atomic E-state index is 12.0. The highest BCUT2D eigenvalue weighted by Gasteiger charge is 2.21. The molecule has 116 valence electrons. The Labute approximate surface area is 135 Å². The lowest BCUT2D eigenvalue weighted by Crippen LogP contribution is -2.08. The minimum absolute atomic E-state index is 0.133. The number of rotatable bonds is 3. The van der Waals surface area contributed by atoms with Gasteiger partial charge in [-0.2, -0.15) is 0 Å². The van der Waals surface area contributed by atoms with Crippen LogP contribution in [-0.4, -0.2) is 18.1 Å². The number of esters is 1. The number of aryl methyl sites for hydroxylation is 4. The lowest BCUT2D eigenvalue weighted by Gasteiger charge is -2.15. The molecule has 2 rings (SSSR count). The van der Waals surface area contributed by atoms with Crippen molar-refractivity contribution in [2.24, 2.45) is 0 Å². The number of benzene rings is 1. The number of carbonyl (C=O) groups is 1. The van der Waals surface area contributed by atoms with Crippen LogP contribution in [0.1, 0.15) is 32.7 Å². The molecule has 0 saturated carbocycles. The van der Waals surface area contributed by atoms with Crippen LogP contribution in [0.5, 0.6) is 11.6 Å². The zero-order chi connectivity index (χ0) is 16.4. The van der Waals surface area contributed by atoms with Gasteiger partial charge in [-0.1, -0.05) is 29.3 Å². The molecule has 0 amide bonds. The van der Waals surface area contributed by atoms with Crippen molar-refractivity contribution < 1.29 is 14.3 Å². The summed E-state index contributed by atoms with van der Waals surface area (Å²) in [6.07, 6.45) is 0. The highest BCUT2D eigenvalue weighted by molar-refractivity contribution is 6.34. The smallest absolute Gasteiger partial charge is 0.344 e. The quantitative estimate of drug-likeness (QED) is 0.779. The summed E-state index contributed by atoms with van der Waals surface area (Å²) in [5.41, 5.74) is 3.87. The van der Waals surface area contributed by atoms with Crippen LogP contribution in [0.3, 0.4) is 0 Å². The van der Waals surface area contributed by atoms with E-state index >= 15 is 0 Å². The van der Waals surface area contributed by atoms with Crippen molar-refractivity contribution in [3.8, 4) is 11.6 Å². The van der Waals surface area contributed by atoms with Gasteiger partial charge in [-0.15, -0.1) is 0 Å². The molecule has 0 unspecified atom stereocenters. The van der Waals surface area contributed by atoms with Crippen LogP contribution in [0.2, 0.25) is 5.02 Å². The molecule has 0 radical (unpaired) electrons. The first-order valence-electron chi connectivity index (χ1n) is 6.84. The van der Waals surface area contributed by atoms with Gasteiger partial charge >= 0.3 is 5.97 Å². The van der Waals surface area contributed by atoms with Crippen molar-refractivity contribution in [1.82, 2.24) is 4.98 Å². The zero-order valence-electron chi connectivity index (χ0n) is 13.3. The van der Waals surface area contributed by atoms with Gasteiger partial charge in [0, 0.05) is 5.69 Å². The molecule has 0 saturated heterocycles. The molecule has 0 fully saturated rings. The van der Waals surface area contributed by atoms with Gasteiger partial charge in [0.25, 0.3) is 0 Å². The molecule has 4 nitrogen and oxygen atoms in total. The van der Waals surface area contributed by atoms with Crippen molar-refractivity contribution in [3.05, 3.63) is 51.2 Å². The SMILES string of the molecule is COC(=O)c1c(Cl)cc(C)nc1Oc1c(C)cc(C)cc1C. The highest BCUT2D eigenvalue weighted by atomic mass is 35.5.